The second-order valence-electron chi connectivity index (χ2n) is 8.57. The molecule has 0 spiro atoms. The van der Waals surface area contributed by atoms with Crippen molar-refractivity contribution in [3.63, 3.8) is 0 Å². The fourth-order valence-electron chi connectivity index (χ4n) is 4.18. The Morgan fingerprint density at radius 2 is 1.00 bits per heavy atom. The molecule has 37 heavy (non-hydrogen) atoms. The van der Waals surface area contributed by atoms with E-state index in [1.165, 1.54) is 24.3 Å². The summed E-state index contributed by atoms with van der Waals surface area (Å²) in [7, 11) is -8.14. The van der Waals surface area contributed by atoms with Crippen LogP contribution in [0, 0.1) is 13.8 Å². The lowest BCUT2D eigenvalue weighted by Crippen LogP contribution is -2.04. The summed E-state index contributed by atoms with van der Waals surface area (Å²) >= 11 is 0. The van der Waals surface area contributed by atoms with Gasteiger partial charge >= 0.3 is 0 Å². The summed E-state index contributed by atoms with van der Waals surface area (Å²) in [5.41, 5.74) is 4.06. The molecule has 0 saturated heterocycles. The number of nitrogens with zero attached hydrogens (tertiary/aromatic N) is 3. The summed E-state index contributed by atoms with van der Waals surface area (Å²) in [6.07, 6.45) is 0. The second-order valence-corrected chi connectivity index (χ2v) is 11.8. The quantitative estimate of drug-likeness (QED) is 0.203. The van der Waals surface area contributed by atoms with Crippen LogP contribution >= 0.6 is 0 Å². The Morgan fingerprint density at radius 1 is 0.595 bits per heavy atom. The zero-order valence-corrected chi connectivity index (χ0v) is 21.5. The number of rotatable bonds is 6. The second kappa shape index (κ2) is 9.06. The van der Waals surface area contributed by atoms with Crippen LogP contribution in [0.5, 0.6) is 0 Å². The van der Waals surface area contributed by atoms with Crippen LogP contribution in [0.2, 0.25) is 0 Å². The highest BCUT2D eigenvalue weighted by molar-refractivity contribution is 7.94. The van der Waals surface area contributed by atoms with Crippen molar-refractivity contribution in [1.82, 2.24) is 0 Å². The van der Waals surface area contributed by atoms with Gasteiger partial charge in [-0.05, 0) is 49.2 Å². The number of oxime groups is 1. The molecule has 4 aromatic rings. The summed E-state index contributed by atoms with van der Waals surface area (Å²) in [5, 5.41) is 13.2. The van der Waals surface area contributed by atoms with E-state index < -0.39 is 20.0 Å². The Bertz CT molecular complexity index is 1670. The van der Waals surface area contributed by atoms with Gasteiger partial charge in [0.15, 0.2) is 0 Å². The number of hydrogen-bond acceptors (Lipinski definition) is 6. The van der Waals surface area contributed by atoms with Crippen molar-refractivity contribution in [2.45, 2.75) is 23.6 Å². The highest BCUT2D eigenvalue weighted by Crippen LogP contribution is 2.41. The van der Waals surface area contributed by atoms with E-state index in [4.69, 9.17) is 0 Å². The molecule has 0 saturated carbocycles. The van der Waals surface area contributed by atoms with Crippen LogP contribution in [0.15, 0.2) is 99.9 Å². The van der Waals surface area contributed by atoms with Gasteiger partial charge in [0.1, 0.15) is 25.8 Å². The van der Waals surface area contributed by atoms with Gasteiger partial charge < -0.3 is 14.7 Å². The molecule has 4 aromatic carbocycles. The SMILES string of the molecule is Cc1ccccc1[N-]S(=O)(=O)c1ccc2c(c1)C(=NO)c1cc(S(=O)(=O)[N-]c3ccccc3C)ccc1-2. The summed E-state index contributed by atoms with van der Waals surface area (Å²) in [4.78, 5) is -0.156. The van der Waals surface area contributed by atoms with Gasteiger partial charge in [0, 0.05) is 11.1 Å². The molecule has 0 unspecified atom stereocenters. The smallest absolute Gasteiger partial charge is 0.123 e. The number of aryl methyl sites for hydroxylation is 2. The third-order valence-corrected chi connectivity index (χ3v) is 8.72. The van der Waals surface area contributed by atoms with Crippen molar-refractivity contribution in [2.24, 2.45) is 5.16 Å². The molecule has 1 N–H and O–H groups in total. The lowest BCUT2D eigenvalue weighted by atomic mass is 10.1. The average Bonchev–Trinajstić information content (AvgIpc) is 3.19. The van der Waals surface area contributed by atoms with Crippen LogP contribution < -0.4 is 0 Å². The molecule has 0 radical (unpaired) electrons. The third-order valence-electron chi connectivity index (χ3n) is 6.15. The first kappa shape index (κ1) is 24.5. The lowest BCUT2D eigenvalue weighted by Gasteiger charge is -2.24. The predicted molar refractivity (Wildman–Crippen MR) is 142 cm³/mol. The largest absolute Gasteiger partial charge is 0.572 e. The van der Waals surface area contributed by atoms with Gasteiger partial charge in [-0.3, -0.25) is 0 Å². The van der Waals surface area contributed by atoms with E-state index in [2.05, 4.69) is 14.6 Å². The lowest BCUT2D eigenvalue weighted by molar-refractivity contribution is 0.320. The van der Waals surface area contributed by atoms with Crippen LogP contribution in [0.25, 0.3) is 20.6 Å². The van der Waals surface area contributed by atoms with E-state index in [1.54, 1.807) is 74.5 Å². The molecule has 0 heterocycles. The number of hydrogen-bond donors (Lipinski definition) is 1. The predicted octanol–water partition coefficient (Wildman–Crippen LogP) is 6.30. The summed E-state index contributed by atoms with van der Waals surface area (Å²) < 4.78 is 60.1. The van der Waals surface area contributed by atoms with Crippen LogP contribution in [-0.2, 0) is 20.0 Å². The van der Waals surface area contributed by atoms with E-state index in [0.717, 1.165) is 0 Å². The van der Waals surface area contributed by atoms with Crippen molar-refractivity contribution < 1.29 is 22.0 Å². The van der Waals surface area contributed by atoms with Crippen molar-refractivity contribution >= 4 is 37.1 Å². The molecule has 0 fully saturated rings. The molecule has 5 rings (SSSR count). The number of fused-ring (bicyclic) bond motifs is 3. The Balaban J connectivity index is 1.51. The molecule has 1 aliphatic rings. The molecule has 0 atom stereocenters. The topological polar surface area (TPSA) is 129 Å². The highest BCUT2D eigenvalue weighted by Gasteiger charge is 2.28. The fraction of sp³-hybridized carbons (Fsp3) is 0.0741. The fourth-order valence-corrected chi connectivity index (χ4v) is 6.33. The van der Waals surface area contributed by atoms with Gasteiger partial charge in [0.05, 0.1) is 9.79 Å². The van der Waals surface area contributed by atoms with E-state index in [-0.39, 0.29) is 15.5 Å². The van der Waals surface area contributed by atoms with Gasteiger partial charge in [0.2, 0.25) is 0 Å². The normalized spacial score (nSPS) is 12.5. The van der Waals surface area contributed by atoms with Crippen molar-refractivity contribution in [3.8, 4) is 11.1 Å². The minimum Gasteiger partial charge on any atom is -0.572 e. The van der Waals surface area contributed by atoms with Gasteiger partial charge in [0.25, 0.3) is 0 Å². The maximum atomic E-state index is 13.0. The molecule has 8 nitrogen and oxygen atoms in total. The van der Waals surface area contributed by atoms with E-state index in [9.17, 15) is 22.0 Å². The van der Waals surface area contributed by atoms with Crippen molar-refractivity contribution in [1.29, 1.82) is 0 Å². The van der Waals surface area contributed by atoms with Gasteiger partial charge in [-0.25, -0.2) is 16.8 Å². The van der Waals surface area contributed by atoms with Crippen LogP contribution in [0.1, 0.15) is 22.3 Å². The first-order valence-electron chi connectivity index (χ1n) is 11.2. The van der Waals surface area contributed by atoms with Crippen LogP contribution in [0.3, 0.4) is 0 Å². The summed E-state index contributed by atoms with van der Waals surface area (Å²) in [5.74, 6) is 0. The van der Waals surface area contributed by atoms with Crippen LogP contribution in [0.4, 0.5) is 11.4 Å². The zero-order chi connectivity index (χ0) is 26.4. The molecule has 10 heteroatoms. The van der Waals surface area contributed by atoms with E-state index >= 15 is 0 Å². The molecule has 0 bridgehead atoms. The number of benzene rings is 4. The molecule has 1 aliphatic carbocycles. The maximum Gasteiger partial charge on any atom is 0.123 e. The van der Waals surface area contributed by atoms with Gasteiger partial charge in [-0.2, -0.15) is 0 Å². The molecule has 0 amide bonds. The third kappa shape index (κ3) is 4.45. The first-order valence-corrected chi connectivity index (χ1v) is 14.1. The van der Waals surface area contributed by atoms with Crippen molar-refractivity contribution in [2.75, 3.05) is 0 Å². The van der Waals surface area contributed by atoms with Crippen molar-refractivity contribution in [3.05, 3.63) is 117 Å². The Hall–Kier alpha value is -4.15. The first-order chi connectivity index (χ1) is 17.6. The molecular weight excluding hydrogens is 510 g/mol. The minimum atomic E-state index is -4.07. The van der Waals surface area contributed by atoms with Gasteiger partial charge in [-0.15, -0.1) is 11.4 Å². The Labute approximate surface area is 215 Å². The van der Waals surface area contributed by atoms with Gasteiger partial charge in [-0.1, -0.05) is 76.9 Å². The van der Waals surface area contributed by atoms with E-state index in [0.29, 0.717) is 44.8 Å². The molecule has 0 aliphatic heterocycles. The molecule has 188 valence electrons. The Morgan fingerprint density at radius 3 is 1.38 bits per heavy atom. The average molecular weight is 532 g/mol. The Kier molecular flexibility index (Phi) is 6.01. The molecule has 0 aromatic heterocycles. The zero-order valence-electron chi connectivity index (χ0n) is 19.8. The minimum absolute atomic E-state index is 0.0610. The standard InChI is InChI=1S/C27H21N3O5S2/c1-17-7-3-5-9-25(17)29-36(32,33)19-11-13-21-22-14-12-20(16-24(22)27(28-31)23(21)15-19)37(34,35)30-26-10-6-4-8-18(26)2/h3-16,31H,1-2H3/q-2. The highest BCUT2D eigenvalue weighted by atomic mass is 32.2. The van der Waals surface area contributed by atoms with E-state index in [1.807, 2.05) is 0 Å². The monoisotopic (exact) mass is 531 g/mol. The maximum absolute atomic E-state index is 13.0. The summed E-state index contributed by atoms with van der Waals surface area (Å²) in [6.45, 7) is 3.53. The van der Waals surface area contributed by atoms with Crippen LogP contribution in [-0.4, -0.2) is 27.8 Å². The summed E-state index contributed by atoms with van der Waals surface area (Å²) in [6, 6.07) is 22.6. The number of sulfonamides is 2. The molecular formula is C27H21N3O5S2-2.